The predicted molar refractivity (Wildman–Crippen MR) is 38.4 cm³/mol. The van der Waals surface area contributed by atoms with Crippen LogP contribution in [0.3, 0.4) is 0 Å². The van der Waals surface area contributed by atoms with E-state index in [0.717, 1.165) is 18.4 Å². The lowest BCUT2D eigenvalue weighted by Crippen LogP contribution is -2.30. The van der Waals surface area contributed by atoms with Gasteiger partial charge >= 0.3 is 0 Å². The quantitative estimate of drug-likeness (QED) is 0.485. The zero-order chi connectivity index (χ0) is 6.85. The van der Waals surface area contributed by atoms with Crippen LogP contribution in [0.5, 0.6) is 0 Å². The Labute approximate surface area is 57.4 Å². The Morgan fingerprint density at radius 2 is 1.89 bits per heavy atom. The van der Waals surface area contributed by atoms with E-state index in [4.69, 9.17) is 4.74 Å². The van der Waals surface area contributed by atoms with Gasteiger partial charge in [-0.3, -0.25) is 0 Å². The first kappa shape index (κ1) is 7.07. The number of hydrogen-bond donors (Lipinski definition) is 0. The zero-order valence-electron chi connectivity index (χ0n) is 6.55. The van der Waals surface area contributed by atoms with Crippen LogP contribution in [0.1, 0.15) is 27.2 Å². The van der Waals surface area contributed by atoms with Crippen LogP contribution in [0, 0.1) is 11.8 Å². The maximum Gasteiger partial charge on any atom is 0.0575 e. The second-order valence-corrected chi connectivity index (χ2v) is 3.20. The highest BCUT2D eigenvalue weighted by Gasteiger charge is 2.23. The van der Waals surface area contributed by atoms with Crippen molar-refractivity contribution in [1.82, 2.24) is 0 Å². The second-order valence-electron chi connectivity index (χ2n) is 3.20. The Morgan fingerprint density at radius 1 is 1.22 bits per heavy atom. The lowest BCUT2D eigenvalue weighted by Gasteiger charge is -2.31. The molecule has 1 fully saturated rings. The van der Waals surface area contributed by atoms with Crippen molar-refractivity contribution in [1.29, 1.82) is 0 Å². The summed E-state index contributed by atoms with van der Waals surface area (Å²) < 4.78 is 5.46. The minimum Gasteiger partial charge on any atom is -0.378 e. The van der Waals surface area contributed by atoms with Gasteiger partial charge in [-0.1, -0.05) is 13.8 Å². The third-order valence-corrected chi connectivity index (χ3v) is 2.59. The normalized spacial score (nSPS) is 45.0. The molecule has 9 heavy (non-hydrogen) atoms. The molecule has 0 N–H and O–H groups in total. The molecule has 1 unspecified atom stereocenters. The van der Waals surface area contributed by atoms with Gasteiger partial charge in [0.1, 0.15) is 0 Å². The highest BCUT2D eigenvalue weighted by molar-refractivity contribution is 4.72. The molecule has 0 radical (unpaired) electrons. The SMILES string of the molecule is CC1OCC[C@@H](C)[C@@H]1C. The molecule has 1 saturated heterocycles. The van der Waals surface area contributed by atoms with Gasteiger partial charge in [0.25, 0.3) is 0 Å². The van der Waals surface area contributed by atoms with Crippen molar-refractivity contribution in [3.63, 3.8) is 0 Å². The molecule has 1 aliphatic heterocycles. The molecule has 0 saturated carbocycles. The summed E-state index contributed by atoms with van der Waals surface area (Å²) in [6.07, 6.45) is 1.72. The van der Waals surface area contributed by atoms with Crippen molar-refractivity contribution in [2.75, 3.05) is 6.61 Å². The average molecular weight is 128 g/mol. The van der Waals surface area contributed by atoms with Crippen LogP contribution in [0.15, 0.2) is 0 Å². The molecule has 0 bridgehead atoms. The summed E-state index contributed by atoms with van der Waals surface area (Å²) in [4.78, 5) is 0. The van der Waals surface area contributed by atoms with Crippen LogP contribution >= 0.6 is 0 Å². The van der Waals surface area contributed by atoms with Gasteiger partial charge in [0.15, 0.2) is 0 Å². The highest BCUT2D eigenvalue weighted by atomic mass is 16.5. The van der Waals surface area contributed by atoms with Crippen molar-refractivity contribution >= 4 is 0 Å². The van der Waals surface area contributed by atoms with Crippen molar-refractivity contribution < 1.29 is 4.74 Å². The van der Waals surface area contributed by atoms with E-state index in [1.54, 1.807) is 0 Å². The van der Waals surface area contributed by atoms with Crippen molar-refractivity contribution in [3.8, 4) is 0 Å². The molecule has 1 heterocycles. The smallest absolute Gasteiger partial charge is 0.0575 e. The zero-order valence-corrected chi connectivity index (χ0v) is 6.55. The van der Waals surface area contributed by atoms with E-state index >= 15 is 0 Å². The molecule has 3 atom stereocenters. The van der Waals surface area contributed by atoms with Crippen LogP contribution in [0.25, 0.3) is 0 Å². The molecule has 1 rings (SSSR count). The maximum absolute atomic E-state index is 5.46. The van der Waals surface area contributed by atoms with Gasteiger partial charge in [0.2, 0.25) is 0 Å². The molecular formula is C8H16O. The second kappa shape index (κ2) is 2.70. The fourth-order valence-corrected chi connectivity index (χ4v) is 1.32. The van der Waals surface area contributed by atoms with E-state index < -0.39 is 0 Å². The summed E-state index contributed by atoms with van der Waals surface area (Å²) in [6, 6.07) is 0. The minimum atomic E-state index is 0.480. The fraction of sp³-hybridized carbons (Fsp3) is 1.00. The van der Waals surface area contributed by atoms with E-state index in [-0.39, 0.29) is 0 Å². The highest BCUT2D eigenvalue weighted by Crippen LogP contribution is 2.25. The lowest BCUT2D eigenvalue weighted by molar-refractivity contribution is -0.0345. The van der Waals surface area contributed by atoms with Crippen LogP contribution in [-0.2, 0) is 4.74 Å². The van der Waals surface area contributed by atoms with Gasteiger partial charge in [-0.05, 0) is 25.2 Å². The first-order valence-electron chi connectivity index (χ1n) is 3.83. The lowest BCUT2D eigenvalue weighted by atomic mass is 9.87. The van der Waals surface area contributed by atoms with Crippen molar-refractivity contribution in [3.05, 3.63) is 0 Å². The van der Waals surface area contributed by atoms with E-state index in [2.05, 4.69) is 20.8 Å². The molecule has 0 spiro atoms. The van der Waals surface area contributed by atoms with E-state index in [0.29, 0.717) is 6.10 Å². The minimum absolute atomic E-state index is 0.480. The summed E-state index contributed by atoms with van der Waals surface area (Å²) in [7, 11) is 0. The van der Waals surface area contributed by atoms with Crippen LogP contribution in [-0.4, -0.2) is 12.7 Å². The Kier molecular flexibility index (Phi) is 2.12. The van der Waals surface area contributed by atoms with Gasteiger partial charge in [-0.25, -0.2) is 0 Å². The molecule has 0 aromatic carbocycles. The Hall–Kier alpha value is -0.0400. The summed E-state index contributed by atoms with van der Waals surface area (Å²) in [5.41, 5.74) is 0. The van der Waals surface area contributed by atoms with Crippen molar-refractivity contribution in [2.24, 2.45) is 11.8 Å². The monoisotopic (exact) mass is 128 g/mol. The molecule has 1 heteroatoms. The first-order valence-corrected chi connectivity index (χ1v) is 3.83. The average Bonchev–Trinajstić information content (AvgIpc) is 1.83. The molecule has 0 aromatic heterocycles. The topological polar surface area (TPSA) is 9.23 Å². The Balaban J connectivity index is 2.41. The summed E-state index contributed by atoms with van der Waals surface area (Å²) in [5.74, 6) is 1.60. The van der Waals surface area contributed by atoms with Gasteiger partial charge in [-0.15, -0.1) is 0 Å². The first-order chi connectivity index (χ1) is 4.22. The summed E-state index contributed by atoms with van der Waals surface area (Å²) >= 11 is 0. The molecule has 0 aromatic rings. The number of hydrogen-bond acceptors (Lipinski definition) is 1. The van der Waals surface area contributed by atoms with E-state index in [1.165, 1.54) is 6.42 Å². The number of rotatable bonds is 0. The van der Waals surface area contributed by atoms with Gasteiger partial charge in [0, 0.05) is 6.61 Å². The van der Waals surface area contributed by atoms with Gasteiger partial charge < -0.3 is 4.74 Å². The molecule has 1 aliphatic rings. The van der Waals surface area contributed by atoms with Crippen LogP contribution < -0.4 is 0 Å². The van der Waals surface area contributed by atoms with E-state index in [9.17, 15) is 0 Å². The number of ether oxygens (including phenoxy) is 1. The van der Waals surface area contributed by atoms with E-state index in [1.807, 2.05) is 0 Å². The van der Waals surface area contributed by atoms with Crippen molar-refractivity contribution in [2.45, 2.75) is 33.3 Å². The molecular weight excluding hydrogens is 112 g/mol. The third-order valence-electron chi connectivity index (χ3n) is 2.59. The predicted octanol–water partition coefficient (Wildman–Crippen LogP) is 2.07. The Bertz CT molecular complexity index is 80.6. The molecule has 1 nitrogen and oxygen atoms in total. The Morgan fingerprint density at radius 3 is 2.33 bits per heavy atom. The van der Waals surface area contributed by atoms with Crippen LogP contribution in [0.4, 0.5) is 0 Å². The van der Waals surface area contributed by atoms with Crippen LogP contribution in [0.2, 0.25) is 0 Å². The molecule has 0 amide bonds. The summed E-state index contributed by atoms with van der Waals surface area (Å²) in [6.45, 7) is 7.71. The van der Waals surface area contributed by atoms with Gasteiger partial charge in [-0.2, -0.15) is 0 Å². The maximum atomic E-state index is 5.46. The summed E-state index contributed by atoms with van der Waals surface area (Å²) in [5, 5.41) is 0. The fourth-order valence-electron chi connectivity index (χ4n) is 1.32. The standard InChI is InChI=1S/C8H16O/c1-6-4-5-9-8(3)7(6)2/h6-8H,4-5H2,1-3H3/t6-,7+,8?/m1/s1. The van der Waals surface area contributed by atoms with Gasteiger partial charge in [0.05, 0.1) is 6.10 Å². The third kappa shape index (κ3) is 1.45. The molecule has 54 valence electrons. The molecule has 0 aliphatic carbocycles. The largest absolute Gasteiger partial charge is 0.378 e.